The van der Waals surface area contributed by atoms with Crippen LogP contribution in [0.5, 0.6) is 11.5 Å². The van der Waals surface area contributed by atoms with Gasteiger partial charge in [-0.05, 0) is 48.0 Å². The number of benzene rings is 2. The molecule has 2 aromatic carbocycles. The molecule has 1 aliphatic heterocycles. The molecule has 0 aromatic heterocycles. The highest BCUT2D eigenvalue weighted by atomic mass is 16.5. The average molecular weight is 395 g/mol. The number of imide groups is 2. The Bertz CT molecular complexity index is 1010. The van der Waals surface area contributed by atoms with E-state index in [0.29, 0.717) is 17.1 Å². The number of hydrogen-bond acceptors (Lipinski definition) is 6. The maximum Gasteiger partial charge on any atom is 0.335 e. The van der Waals surface area contributed by atoms with Crippen molar-refractivity contribution in [3.63, 3.8) is 0 Å². The summed E-state index contributed by atoms with van der Waals surface area (Å²) in [6.45, 7) is -0.306. The van der Waals surface area contributed by atoms with Crippen molar-refractivity contribution in [2.24, 2.45) is 5.73 Å². The van der Waals surface area contributed by atoms with Crippen molar-refractivity contribution in [1.29, 1.82) is 0 Å². The molecular formula is C20H17N3O6. The number of nitrogens with one attached hydrogen (secondary N) is 1. The van der Waals surface area contributed by atoms with Gasteiger partial charge in [-0.25, -0.2) is 9.69 Å². The van der Waals surface area contributed by atoms with Crippen molar-refractivity contribution >= 4 is 35.5 Å². The molecule has 29 heavy (non-hydrogen) atoms. The molecule has 2 aromatic rings. The first-order valence-corrected chi connectivity index (χ1v) is 8.45. The fourth-order valence-electron chi connectivity index (χ4n) is 2.64. The lowest BCUT2D eigenvalue weighted by Crippen LogP contribution is -2.54. The lowest BCUT2D eigenvalue weighted by Gasteiger charge is -2.26. The van der Waals surface area contributed by atoms with E-state index in [1.807, 2.05) is 0 Å². The summed E-state index contributed by atoms with van der Waals surface area (Å²) in [7, 11) is 1.49. The lowest BCUT2D eigenvalue weighted by atomic mass is 10.1. The summed E-state index contributed by atoms with van der Waals surface area (Å²) in [5.41, 5.74) is 5.57. The van der Waals surface area contributed by atoms with Gasteiger partial charge in [0.05, 0.1) is 12.8 Å². The summed E-state index contributed by atoms with van der Waals surface area (Å²) >= 11 is 0. The molecule has 0 atom stereocenters. The smallest absolute Gasteiger partial charge is 0.335 e. The largest absolute Gasteiger partial charge is 0.497 e. The number of nitrogens with two attached hydrogens (primary N) is 1. The van der Waals surface area contributed by atoms with E-state index in [-0.39, 0.29) is 17.9 Å². The predicted molar refractivity (Wildman–Crippen MR) is 103 cm³/mol. The molecule has 0 unspecified atom stereocenters. The Morgan fingerprint density at radius 1 is 1.10 bits per heavy atom. The molecule has 3 N–H and O–H groups in total. The highest BCUT2D eigenvalue weighted by molar-refractivity contribution is 6.39. The van der Waals surface area contributed by atoms with Crippen LogP contribution in [0.2, 0.25) is 0 Å². The number of primary amides is 1. The zero-order valence-electron chi connectivity index (χ0n) is 15.4. The summed E-state index contributed by atoms with van der Waals surface area (Å²) in [6.07, 6.45) is 1.33. The molecule has 9 heteroatoms. The van der Waals surface area contributed by atoms with E-state index < -0.39 is 23.8 Å². The molecule has 1 aliphatic rings. The van der Waals surface area contributed by atoms with Crippen LogP contribution in [-0.2, 0) is 14.4 Å². The number of carbonyl (C=O) groups excluding carboxylic acids is 4. The summed E-state index contributed by atoms with van der Waals surface area (Å²) in [5.74, 6) is -1.33. The van der Waals surface area contributed by atoms with E-state index in [9.17, 15) is 19.2 Å². The minimum atomic E-state index is -0.846. The van der Waals surface area contributed by atoms with Gasteiger partial charge >= 0.3 is 6.03 Å². The molecule has 0 spiro atoms. The topological polar surface area (TPSA) is 128 Å². The molecular weight excluding hydrogens is 378 g/mol. The maximum absolute atomic E-state index is 12.9. The Labute approximate surface area is 165 Å². The highest BCUT2D eigenvalue weighted by Crippen LogP contribution is 2.24. The number of amides is 5. The lowest BCUT2D eigenvalue weighted by molar-refractivity contribution is -0.123. The van der Waals surface area contributed by atoms with Crippen molar-refractivity contribution in [2.45, 2.75) is 0 Å². The van der Waals surface area contributed by atoms with E-state index in [0.717, 1.165) is 4.90 Å². The van der Waals surface area contributed by atoms with Crippen molar-refractivity contribution in [3.8, 4) is 11.5 Å². The number of barbiturate groups is 1. The molecule has 0 saturated carbocycles. The third-order valence-corrected chi connectivity index (χ3v) is 3.98. The normalized spacial score (nSPS) is 15.3. The summed E-state index contributed by atoms with van der Waals surface area (Å²) in [4.78, 5) is 49.0. The number of rotatable bonds is 6. The third kappa shape index (κ3) is 4.41. The van der Waals surface area contributed by atoms with Gasteiger partial charge in [-0.15, -0.1) is 0 Å². The second kappa shape index (κ2) is 8.26. The minimum Gasteiger partial charge on any atom is -0.497 e. The molecule has 0 bridgehead atoms. The molecule has 0 aliphatic carbocycles. The van der Waals surface area contributed by atoms with Gasteiger partial charge in [-0.1, -0.05) is 12.1 Å². The first kappa shape index (κ1) is 19.6. The van der Waals surface area contributed by atoms with E-state index in [1.165, 1.54) is 31.4 Å². The number of ether oxygens (including phenoxy) is 2. The quantitative estimate of drug-likeness (QED) is 0.559. The van der Waals surface area contributed by atoms with Crippen LogP contribution in [0, 0.1) is 0 Å². The molecule has 0 radical (unpaired) electrons. The Morgan fingerprint density at radius 2 is 1.83 bits per heavy atom. The number of methoxy groups -OCH3 is 1. The zero-order chi connectivity index (χ0) is 21.0. The highest BCUT2D eigenvalue weighted by Gasteiger charge is 2.36. The van der Waals surface area contributed by atoms with Crippen LogP contribution < -0.4 is 25.4 Å². The van der Waals surface area contributed by atoms with E-state index in [2.05, 4.69) is 5.32 Å². The predicted octanol–water partition coefficient (Wildman–Crippen LogP) is 1.23. The van der Waals surface area contributed by atoms with Crippen molar-refractivity contribution in [3.05, 3.63) is 59.7 Å². The van der Waals surface area contributed by atoms with E-state index in [1.54, 1.807) is 30.3 Å². The fourth-order valence-corrected chi connectivity index (χ4v) is 2.64. The van der Waals surface area contributed by atoms with E-state index >= 15 is 0 Å². The SMILES string of the molecule is COc1ccc(N2C(=O)NC(=O)/C(=C/c3cccc(OCC(N)=O)c3)C2=O)cc1. The van der Waals surface area contributed by atoms with Gasteiger partial charge < -0.3 is 15.2 Å². The number of nitrogens with zero attached hydrogens (tertiary/aromatic N) is 1. The second-order valence-corrected chi connectivity index (χ2v) is 5.98. The summed E-state index contributed by atoms with van der Waals surface area (Å²) < 4.78 is 10.3. The number of urea groups is 1. The monoisotopic (exact) mass is 395 g/mol. The number of anilines is 1. The minimum absolute atomic E-state index is 0.229. The molecule has 1 fully saturated rings. The van der Waals surface area contributed by atoms with Crippen LogP contribution in [0.3, 0.4) is 0 Å². The van der Waals surface area contributed by atoms with Crippen LogP contribution in [-0.4, -0.2) is 37.5 Å². The summed E-state index contributed by atoms with van der Waals surface area (Å²) in [6, 6.07) is 11.8. The first-order valence-electron chi connectivity index (χ1n) is 8.45. The van der Waals surface area contributed by atoms with Gasteiger partial charge in [0, 0.05) is 0 Å². The second-order valence-electron chi connectivity index (χ2n) is 5.98. The third-order valence-electron chi connectivity index (χ3n) is 3.98. The first-order chi connectivity index (χ1) is 13.9. The average Bonchev–Trinajstić information content (AvgIpc) is 2.70. The molecule has 3 rings (SSSR count). The maximum atomic E-state index is 12.9. The van der Waals surface area contributed by atoms with Gasteiger partial charge in [0.2, 0.25) is 0 Å². The van der Waals surface area contributed by atoms with Crippen LogP contribution in [0.1, 0.15) is 5.56 Å². The van der Waals surface area contributed by atoms with Crippen molar-refractivity contribution < 1.29 is 28.7 Å². The molecule has 1 heterocycles. The Morgan fingerprint density at radius 3 is 2.48 bits per heavy atom. The van der Waals surface area contributed by atoms with Crippen LogP contribution in [0.15, 0.2) is 54.1 Å². The van der Waals surface area contributed by atoms with Gasteiger partial charge in [0.25, 0.3) is 17.7 Å². The molecule has 5 amide bonds. The van der Waals surface area contributed by atoms with Gasteiger partial charge in [0.1, 0.15) is 17.1 Å². The standard InChI is InChI=1S/C20H17N3O6/c1-28-14-7-5-13(6-8-14)23-19(26)16(18(25)22-20(23)27)10-12-3-2-4-15(9-12)29-11-17(21)24/h2-10H,11H2,1H3,(H2,21,24)(H,22,25,27)/b16-10-. The van der Waals surface area contributed by atoms with Crippen LogP contribution >= 0.6 is 0 Å². The van der Waals surface area contributed by atoms with Gasteiger partial charge in [0.15, 0.2) is 6.61 Å². The van der Waals surface area contributed by atoms with Crippen molar-refractivity contribution in [1.82, 2.24) is 5.32 Å². The van der Waals surface area contributed by atoms with E-state index in [4.69, 9.17) is 15.2 Å². The number of carbonyl (C=O) groups is 4. The van der Waals surface area contributed by atoms with Crippen LogP contribution in [0.25, 0.3) is 6.08 Å². The Kier molecular flexibility index (Phi) is 5.59. The molecule has 9 nitrogen and oxygen atoms in total. The fraction of sp³-hybridized carbons (Fsp3) is 0.100. The Hall–Kier alpha value is -4.14. The van der Waals surface area contributed by atoms with Crippen molar-refractivity contribution in [2.75, 3.05) is 18.6 Å². The zero-order valence-corrected chi connectivity index (χ0v) is 15.4. The summed E-state index contributed by atoms with van der Waals surface area (Å²) in [5, 5.41) is 2.15. The van der Waals surface area contributed by atoms with Gasteiger partial charge in [-0.3, -0.25) is 19.7 Å². The molecule has 148 valence electrons. The molecule has 1 saturated heterocycles. The Balaban J connectivity index is 1.90. The van der Waals surface area contributed by atoms with Gasteiger partial charge in [-0.2, -0.15) is 0 Å². The number of hydrogen-bond donors (Lipinski definition) is 2. The van der Waals surface area contributed by atoms with Crippen LogP contribution in [0.4, 0.5) is 10.5 Å².